The summed E-state index contributed by atoms with van der Waals surface area (Å²) >= 11 is 0. The third kappa shape index (κ3) is 56.5. The second-order valence-corrected chi connectivity index (χ2v) is 24.2. The molecule has 0 aromatic heterocycles. The minimum Gasteiger partial charge on any atom is -0.756 e. The van der Waals surface area contributed by atoms with Gasteiger partial charge in [-0.1, -0.05) is 289 Å². The predicted molar refractivity (Wildman–Crippen MR) is 307 cm³/mol. The minimum atomic E-state index is -4.60. The number of hydrogen-bond acceptors (Lipinski definition) is 6. The van der Waals surface area contributed by atoms with Crippen LogP contribution in [0.1, 0.15) is 316 Å². The summed E-state index contributed by atoms with van der Waals surface area (Å²) in [6.07, 6.45) is 68.4. The molecule has 3 unspecified atom stereocenters. The number of aliphatic hydroxyl groups is 1. The lowest BCUT2D eigenvalue weighted by molar-refractivity contribution is -0.870. The van der Waals surface area contributed by atoms with Crippen molar-refractivity contribution in [3.05, 3.63) is 24.3 Å². The number of carbonyl (C=O) groups excluding carboxylic acids is 1. The van der Waals surface area contributed by atoms with Crippen LogP contribution in [0.15, 0.2) is 24.3 Å². The first-order chi connectivity index (χ1) is 34.5. The molecule has 422 valence electrons. The minimum absolute atomic E-state index is 0.00142. The standard InChI is InChI=1S/C62H123N2O6P/c1-6-8-10-12-14-16-18-20-22-24-26-28-30-31-32-33-34-36-38-40-42-44-46-48-50-52-54-56-62(66)63-60(59-70-71(67,68)69-58-57-64(3,4)5)61(65)55-53-51-49-47-45-43-41-39-37-35-29-27-25-23-21-19-17-15-13-11-9-7-2/h24,26,53,55,60-61,65H,6-23,25,27-52,54,56-59H2,1-5H3,(H-,63,66,67,68)/b26-24-,55-53+. The van der Waals surface area contributed by atoms with Crippen LogP contribution in [-0.4, -0.2) is 68.5 Å². The SMILES string of the molecule is CCCCCCCCCC/C=C\CCCCCCCCCCCCCCCCCC(=O)NC(COP(=O)([O-])OCC[N+](C)(C)C)C(O)/C=C/CCCCCCCCCCCCCCCCCCCCCC. The van der Waals surface area contributed by atoms with Crippen LogP contribution in [0.25, 0.3) is 0 Å². The van der Waals surface area contributed by atoms with Crippen molar-refractivity contribution in [3.8, 4) is 0 Å². The fourth-order valence-corrected chi connectivity index (χ4v) is 10.2. The predicted octanol–water partition coefficient (Wildman–Crippen LogP) is 18.5. The van der Waals surface area contributed by atoms with Gasteiger partial charge in [-0.3, -0.25) is 9.36 Å². The number of allylic oxidation sites excluding steroid dienone is 3. The van der Waals surface area contributed by atoms with Crippen LogP contribution in [0.2, 0.25) is 0 Å². The Hall–Kier alpha value is -1.02. The van der Waals surface area contributed by atoms with Gasteiger partial charge in [0.25, 0.3) is 7.82 Å². The van der Waals surface area contributed by atoms with E-state index in [0.29, 0.717) is 17.4 Å². The van der Waals surface area contributed by atoms with E-state index in [1.807, 2.05) is 27.2 Å². The van der Waals surface area contributed by atoms with Crippen molar-refractivity contribution in [3.63, 3.8) is 0 Å². The normalized spacial score (nSPS) is 14.0. The Balaban J connectivity index is 4.12. The number of aliphatic hydroxyl groups excluding tert-OH is 1. The fraction of sp³-hybridized carbons (Fsp3) is 0.919. The van der Waals surface area contributed by atoms with Gasteiger partial charge in [0.1, 0.15) is 13.2 Å². The van der Waals surface area contributed by atoms with Crippen molar-refractivity contribution in [2.75, 3.05) is 40.9 Å². The van der Waals surface area contributed by atoms with Crippen LogP contribution < -0.4 is 10.2 Å². The summed E-state index contributed by atoms with van der Waals surface area (Å²) in [6.45, 7) is 4.70. The van der Waals surface area contributed by atoms with Gasteiger partial charge in [-0.05, 0) is 44.9 Å². The van der Waals surface area contributed by atoms with Crippen molar-refractivity contribution >= 4 is 13.7 Å². The van der Waals surface area contributed by atoms with Crippen LogP contribution in [0.4, 0.5) is 0 Å². The van der Waals surface area contributed by atoms with Gasteiger partial charge in [-0.15, -0.1) is 0 Å². The topological polar surface area (TPSA) is 108 Å². The Labute approximate surface area is 443 Å². The summed E-state index contributed by atoms with van der Waals surface area (Å²) < 4.78 is 23.4. The van der Waals surface area contributed by atoms with Crippen LogP contribution in [-0.2, 0) is 18.4 Å². The van der Waals surface area contributed by atoms with Crippen LogP contribution in [0.3, 0.4) is 0 Å². The molecule has 0 aromatic carbocycles. The number of carbonyl (C=O) groups is 1. The van der Waals surface area contributed by atoms with E-state index in [1.165, 1.54) is 257 Å². The molecule has 0 aliphatic carbocycles. The molecule has 0 saturated heterocycles. The van der Waals surface area contributed by atoms with Crippen molar-refractivity contribution in [1.82, 2.24) is 5.32 Å². The second kappa shape index (κ2) is 53.8. The number of quaternary nitrogens is 1. The van der Waals surface area contributed by atoms with E-state index < -0.39 is 20.0 Å². The fourth-order valence-electron chi connectivity index (χ4n) is 9.50. The number of nitrogens with one attached hydrogen (secondary N) is 1. The summed E-state index contributed by atoms with van der Waals surface area (Å²) in [4.78, 5) is 25.5. The molecule has 0 aliphatic heterocycles. The first-order valence-electron chi connectivity index (χ1n) is 31.2. The van der Waals surface area contributed by atoms with Crippen molar-refractivity contribution in [1.29, 1.82) is 0 Å². The molecule has 0 aromatic rings. The highest BCUT2D eigenvalue weighted by Crippen LogP contribution is 2.38. The van der Waals surface area contributed by atoms with Gasteiger partial charge in [-0.25, -0.2) is 0 Å². The van der Waals surface area contributed by atoms with Crippen LogP contribution >= 0.6 is 7.82 Å². The third-order valence-corrected chi connectivity index (χ3v) is 15.4. The first kappa shape index (κ1) is 70.0. The zero-order chi connectivity index (χ0) is 52.0. The molecule has 0 bridgehead atoms. The summed E-state index contributed by atoms with van der Waals surface area (Å²) in [6, 6.07) is -0.885. The molecule has 3 atom stereocenters. The number of unbranched alkanes of at least 4 members (excludes halogenated alkanes) is 43. The molecule has 71 heavy (non-hydrogen) atoms. The number of phosphoric acid groups is 1. The lowest BCUT2D eigenvalue weighted by atomic mass is 10.0. The third-order valence-electron chi connectivity index (χ3n) is 14.4. The molecule has 0 saturated carbocycles. The van der Waals surface area contributed by atoms with Gasteiger partial charge in [0, 0.05) is 6.42 Å². The van der Waals surface area contributed by atoms with E-state index in [2.05, 4.69) is 31.3 Å². The maximum atomic E-state index is 13.0. The molecule has 0 radical (unpaired) electrons. The molecule has 0 heterocycles. The Kier molecular flexibility index (Phi) is 53.0. The summed E-state index contributed by atoms with van der Waals surface area (Å²) in [5.74, 6) is -0.191. The summed E-state index contributed by atoms with van der Waals surface area (Å²) in [5.41, 5.74) is 0. The van der Waals surface area contributed by atoms with Gasteiger partial charge in [-0.2, -0.15) is 0 Å². The van der Waals surface area contributed by atoms with Gasteiger partial charge in [0.05, 0.1) is 39.9 Å². The maximum absolute atomic E-state index is 13.0. The smallest absolute Gasteiger partial charge is 0.268 e. The largest absolute Gasteiger partial charge is 0.756 e. The van der Waals surface area contributed by atoms with Crippen LogP contribution in [0, 0.1) is 0 Å². The highest BCUT2D eigenvalue weighted by Gasteiger charge is 2.23. The molecule has 1 amide bonds. The number of amides is 1. The molecule has 0 rings (SSSR count). The Morgan fingerprint density at radius 1 is 0.479 bits per heavy atom. The monoisotopic (exact) mass is 1020 g/mol. The van der Waals surface area contributed by atoms with Gasteiger partial charge in [0.15, 0.2) is 0 Å². The summed E-state index contributed by atoms with van der Waals surface area (Å²) in [5, 5.41) is 13.9. The van der Waals surface area contributed by atoms with Crippen molar-refractivity contribution in [2.24, 2.45) is 0 Å². The van der Waals surface area contributed by atoms with Gasteiger partial charge < -0.3 is 28.8 Å². The lowest BCUT2D eigenvalue weighted by Gasteiger charge is -2.29. The number of hydrogen-bond donors (Lipinski definition) is 2. The van der Waals surface area contributed by atoms with E-state index in [-0.39, 0.29) is 19.1 Å². The van der Waals surface area contributed by atoms with Gasteiger partial charge >= 0.3 is 0 Å². The maximum Gasteiger partial charge on any atom is 0.268 e. The van der Waals surface area contributed by atoms with E-state index in [0.717, 1.165) is 38.5 Å². The van der Waals surface area contributed by atoms with Crippen molar-refractivity contribution < 1.29 is 32.9 Å². The zero-order valence-electron chi connectivity index (χ0n) is 48.2. The van der Waals surface area contributed by atoms with Crippen molar-refractivity contribution in [2.45, 2.75) is 328 Å². The Morgan fingerprint density at radius 2 is 0.775 bits per heavy atom. The highest BCUT2D eigenvalue weighted by molar-refractivity contribution is 7.45. The Morgan fingerprint density at radius 3 is 1.10 bits per heavy atom. The second-order valence-electron chi connectivity index (χ2n) is 22.8. The lowest BCUT2D eigenvalue weighted by Crippen LogP contribution is -2.45. The molecule has 9 heteroatoms. The van der Waals surface area contributed by atoms with Gasteiger partial charge in [0.2, 0.25) is 5.91 Å². The molecular formula is C62H123N2O6P. The molecule has 0 spiro atoms. The average molecular weight is 1020 g/mol. The highest BCUT2D eigenvalue weighted by atomic mass is 31.2. The molecule has 0 fully saturated rings. The summed E-state index contributed by atoms with van der Waals surface area (Å²) in [7, 11) is 1.28. The molecule has 0 aliphatic rings. The molecular weight excluding hydrogens is 900 g/mol. The quantitative estimate of drug-likeness (QED) is 0.0272. The van der Waals surface area contributed by atoms with E-state index >= 15 is 0 Å². The molecule has 2 N–H and O–H groups in total. The Bertz CT molecular complexity index is 1210. The van der Waals surface area contributed by atoms with E-state index in [1.54, 1.807) is 6.08 Å². The number of nitrogens with zero attached hydrogens (tertiary/aromatic N) is 1. The van der Waals surface area contributed by atoms with E-state index in [4.69, 9.17) is 9.05 Å². The van der Waals surface area contributed by atoms with Crippen LogP contribution in [0.5, 0.6) is 0 Å². The first-order valence-corrected chi connectivity index (χ1v) is 32.7. The number of likely N-dealkylation sites (N-methyl/N-ethyl adjacent to an activating group) is 1. The number of rotatable bonds is 58. The zero-order valence-corrected chi connectivity index (χ0v) is 49.1. The van der Waals surface area contributed by atoms with E-state index in [9.17, 15) is 19.4 Å². The molecule has 8 nitrogen and oxygen atoms in total. The average Bonchev–Trinajstić information content (AvgIpc) is 3.33. The number of phosphoric ester groups is 1.